The molecule has 1 aromatic heterocycles. The summed E-state index contributed by atoms with van der Waals surface area (Å²) in [5, 5.41) is 4.79. The molecule has 11 heteroatoms. The molecule has 1 aliphatic heterocycles. The van der Waals surface area contributed by atoms with E-state index in [2.05, 4.69) is 10.3 Å². The van der Waals surface area contributed by atoms with Crippen LogP contribution in [0.1, 0.15) is 30.7 Å². The lowest BCUT2D eigenvalue weighted by Crippen LogP contribution is -2.53. The van der Waals surface area contributed by atoms with Gasteiger partial charge in [-0.25, -0.2) is 4.98 Å². The average molecular weight is 461 g/mol. The van der Waals surface area contributed by atoms with Gasteiger partial charge in [0.25, 0.3) is 11.8 Å². The number of ether oxygens (including phenoxy) is 2. The fraction of sp³-hybridized carbons (Fsp3) is 0.381. The number of nitrogens with one attached hydrogen (secondary N) is 1. The molecule has 170 valence electrons. The zero-order chi connectivity index (χ0) is 23.3. The highest BCUT2D eigenvalue weighted by molar-refractivity contribution is 7.13. The van der Waals surface area contributed by atoms with Crippen molar-refractivity contribution in [1.29, 1.82) is 0 Å². The first-order chi connectivity index (χ1) is 15.2. The number of hydrogen-bond donors (Lipinski definition) is 2. The molecule has 2 atom stereocenters. The topological polar surface area (TPSA) is 141 Å². The van der Waals surface area contributed by atoms with Crippen LogP contribution in [0.15, 0.2) is 29.6 Å². The number of aromatic nitrogens is 1. The third-order valence-electron chi connectivity index (χ3n) is 4.76. The van der Waals surface area contributed by atoms with Crippen LogP contribution in [0.25, 0.3) is 0 Å². The van der Waals surface area contributed by atoms with Crippen molar-refractivity contribution in [3.63, 3.8) is 0 Å². The van der Waals surface area contributed by atoms with Crippen molar-refractivity contribution >= 4 is 40.2 Å². The molecular weight excluding hydrogens is 436 g/mol. The van der Waals surface area contributed by atoms with E-state index in [0.717, 1.165) is 25.0 Å². The van der Waals surface area contributed by atoms with Gasteiger partial charge in [-0.05, 0) is 11.1 Å². The lowest BCUT2D eigenvalue weighted by Gasteiger charge is -2.28. The first-order valence-corrected chi connectivity index (χ1v) is 10.8. The van der Waals surface area contributed by atoms with E-state index < -0.39 is 36.0 Å². The number of hydrogen-bond acceptors (Lipinski definition) is 9. The van der Waals surface area contributed by atoms with Gasteiger partial charge < -0.3 is 25.4 Å². The molecule has 1 aliphatic rings. The minimum Gasteiger partial charge on any atom is -0.448 e. The van der Waals surface area contributed by atoms with Gasteiger partial charge in [-0.1, -0.05) is 24.3 Å². The van der Waals surface area contributed by atoms with E-state index in [0.29, 0.717) is 30.3 Å². The number of nitrogens with two attached hydrogens (primary N) is 1. The second-order valence-corrected chi connectivity index (χ2v) is 8.13. The molecule has 0 aliphatic carbocycles. The summed E-state index contributed by atoms with van der Waals surface area (Å²) >= 11 is 1.28. The van der Waals surface area contributed by atoms with Gasteiger partial charge in [0.2, 0.25) is 12.2 Å². The predicted molar refractivity (Wildman–Crippen MR) is 115 cm³/mol. The summed E-state index contributed by atoms with van der Waals surface area (Å²) in [4.78, 5) is 55.0. The summed E-state index contributed by atoms with van der Waals surface area (Å²) in [6.07, 6.45) is -2.85. The second-order valence-electron chi connectivity index (χ2n) is 7.24. The number of amides is 2. The fourth-order valence-electron chi connectivity index (χ4n) is 3.37. The van der Waals surface area contributed by atoms with Crippen LogP contribution in [0.2, 0.25) is 0 Å². The van der Waals surface area contributed by atoms with Crippen LogP contribution in [0.4, 0.5) is 5.13 Å². The van der Waals surface area contributed by atoms with E-state index >= 15 is 0 Å². The summed E-state index contributed by atoms with van der Waals surface area (Å²) in [5.41, 5.74) is 8.20. The molecular formula is C21H24N4O6S. The van der Waals surface area contributed by atoms with Gasteiger partial charge >= 0.3 is 11.9 Å². The Morgan fingerprint density at radius 2 is 1.69 bits per heavy atom. The van der Waals surface area contributed by atoms with Crippen molar-refractivity contribution in [2.45, 2.75) is 45.6 Å². The van der Waals surface area contributed by atoms with Gasteiger partial charge in [0.15, 0.2) is 5.13 Å². The Morgan fingerprint density at radius 3 is 2.22 bits per heavy atom. The lowest BCUT2D eigenvalue weighted by atomic mass is 10.1. The third-order valence-corrected chi connectivity index (χ3v) is 5.49. The normalized spacial score (nSPS) is 14.2. The zero-order valence-electron chi connectivity index (χ0n) is 17.7. The van der Waals surface area contributed by atoms with E-state index in [1.165, 1.54) is 16.2 Å². The number of rotatable bonds is 8. The molecule has 0 unspecified atom stereocenters. The van der Waals surface area contributed by atoms with E-state index in [4.69, 9.17) is 15.2 Å². The van der Waals surface area contributed by atoms with Crippen LogP contribution < -0.4 is 11.1 Å². The number of carbonyl (C=O) groups is 4. The van der Waals surface area contributed by atoms with Crippen molar-refractivity contribution in [1.82, 2.24) is 15.2 Å². The number of thiazole rings is 1. The highest BCUT2D eigenvalue weighted by Gasteiger charge is 2.42. The van der Waals surface area contributed by atoms with Crippen molar-refractivity contribution in [3.8, 4) is 0 Å². The molecule has 0 fully saturated rings. The third kappa shape index (κ3) is 5.82. The maximum Gasteiger partial charge on any atom is 0.303 e. The van der Waals surface area contributed by atoms with E-state index in [1.807, 2.05) is 24.3 Å². The van der Waals surface area contributed by atoms with Crippen LogP contribution in [-0.4, -0.2) is 52.4 Å². The molecule has 2 heterocycles. The minimum atomic E-state index is -1.63. The van der Waals surface area contributed by atoms with E-state index in [-0.39, 0.29) is 6.54 Å². The standard InChI is InChI=1S/C21H24N4O6S/c1-12(26)30-17(19(28)23-8-7-16-11-32-21(22)24-16)18(31-13(2)27)20(29)25-9-14-5-3-4-6-15(14)10-25/h3-6,11,17-18H,7-10H2,1-2H3,(H2,22,24)(H,23,28)/t17-,18-/m1/s1. The molecule has 2 amide bonds. The maximum absolute atomic E-state index is 13.2. The predicted octanol–water partition coefficient (Wildman–Crippen LogP) is 0.790. The molecule has 0 radical (unpaired) electrons. The van der Waals surface area contributed by atoms with Gasteiger partial charge in [0.1, 0.15) is 0 Å². The van der Waals surface area contributed by atoms with Gasteiger partial charge in [0, 0.05) is 45.3 Å². The molecule has 32 heavy (non-hydrogen) atoms. The Bertz CT molecular complexity index is 998. The summed E-state index contributed by atoms with van der Waals surface area (Å²) in [5.74, 6) is -2.93. The number of carbonyl (C=O) groups excluding carboxylic acids is 4. The van der Waals surface area contributed by atoms with Crippen molar-refractivity contribution in [2.24, 2.45) is 0 Å². The zero-order valence-corrected chi connectivity index (χ0v) is 18.5. The summed E-state index contributed by atoms with van der Waals surface area (Å²) in [6, 6.07) is 7.51. The molecule has 0 spiro atoms. The van der Waals surface area contributed by atoms with Crippen molar-refractivity contribution in [2.75, 3.05) is 12.3 Å². The quantitative estimate of drug-likeness (QED) is 0.551. The summed E-state index contributed by atoms with van der Waals surface area (Å²) in [7, 11) is 0. The molecule has 3 N–H and O–H groups in total. The minimum absolute atomic E-state index is 0.163. The number of fused-ring (bicyclic) bond motifs is 1. The van der Waals surface area contributed by atoms with Crippen molar-refractivity contribution in [3.05, 3.63) is 46.5 Å². The van der Waals surface area contributed by atoms with Crippen LogP contribution in [0.3, 0.4) is 0 Å². The number of benzene rings is 1. The first-order valence-electron chi connectivity index (χ1n) is 9.92. The van der Waals surface area contributed by atoms with Gasteiger partial charge in [-0.3, -0.25) is 19.2 Å². The highest BCUT2D eigenvalue weighted by atomic mass is 32.1. The Kier molecular flexibility index (Phi) is 7.41. The molecule has 0 bridgehead atoms. The molecule has 0 saturated carbocycles. The fourth-order valence-corrected chi connectivity index (χ4v) is 3.97. The number of esters is 2. The average Bonchev–Trinajstić information content (AvgIpc) is 3.35. The Balaban J connectivity index is 1.73. The maximum atomic E-state index is 13.2. The Morgan fingerprint density at radius 1 is 1.09 bits per heavy atom. The van der Waals surface area contributed by atoms with Gasteiger partial charge in [-0.15, -0.1) is 11.3 Å². The number of nitrogen functional groups attached to an aromatic ring is 1. The molecule has 2 aromatic rings. The highest BCUT2D eigenvalue weighted by Crippen LogP contribution is 2.24. The van der Waals surface area contributed by atoms with E-state index in [1.54, 1.807) is 5.38 Å². The largest absolute Gasteiger partial charge is 0.448 e. The smallest absolute Gasteiger partial charge is 0.303 e. The van der Waals surface area contributed by atoms with Crippen LogP contribution >= 0.6 is 11.3 Å². The van der Waals surface area contributed by atoms with Crippen LogP contribution in [0.5, 0.6) is 0 Å². The lowest BCUT2D eigenvalue weighted by molar-refractivity contribution is -0.178. The monoisotopic (exact) mass is 460 g/mol. The van der Waals surface area contributed by atoms with Crippen molar-refractivity contribution < 1.29 is 28.7 Å². The number of anilines is 1. The Labute approximate surface area is 188 Å². The van der Waals surface area contributed by atoms with Crippen LogP contribution in [-0.2, 0) is 48.2 Å². The van der Waals surface area contributed by atoms with Gasteiger partial charge in [0.05, 0.1) is 5.69 Å². The molecule has 3 rings (SSSR count). The number of nitrogens with zero attached hydrogens (tertiary/aromatic N) is 2. The Hall–Kier alpha value is -3.47. The molecule has 1 aromatic carbocycles. The molecule has 0 saturated heterocycles. The second kappa shape index (κ2) is 10.2. The van der Waals surface area contributed by atoms with E-state index in [9.17, 15) is 19.2 Å². The van der Waals surface area contributed by atoms with Gasteiger partial charge in [-0.2, -0.15) is 0 Å². The summed E-state index contributed by atoms with van der Waals surface area (Å²) < 4.78 is 10.3. The SMILES string of the molecule is CC(=O)O[C@@H](C(=O)NCCc1csc(N)n1)[C@@H](OC(C)=O)C(=O)N1Cc2ccccc2C1. The van der Waals surface area contributed by atoms with Crippen LogP contribution in [0, 0.1) is 0 Å². The first kappa shape index (κ1) is 23.2. The summed E-state index contributed by atoms with van der Waals surface area (Å²) in [6.45, 7) is 2.99. The molecule has 10 nitrogen and oxygen atoms in total.